The van der Waals surface area contributed by atoms with Crippen LogP contribution in [0.5, 0.6) is 0 Å². The molecule has 9 heteroatoms. The molecule has 0 amide bonds. The Bertz CT molecular complexity index is 1000. The molecule has 0 bridgehead atoms. The molecule has 5 heterocycles. The highest BCUT2D eigenvalue weighted by atomic mass is 16.5. The third-order valence-electron chi connectivity index (χ3n) is 4.95. The number of benzene rings is 1. The molecule has 2 unspecified atom stereocenters. The van der Waals surface area contributed by atoms with Crippen molar-refractivity contribution in [3.05, 3.63) is 48.2 Å². The lowest BCUT2D eigenvalue weighted by Crippen LogP contribution is -2.42. The Kier molecular flexibility index (Phi) is 2.78. The SMILES string of the molecule is C1=NC2c3ccccc3-n3cncc3N2N1c1nc(C2CCCO2)no1. The summed E-state index contributed by atoms with van der Waals surface area (Å²) in [6.45, 7) is 0.740. The van der Waals surface area contributed by atoms with Gasteiger partial charge in [-0.25, -0.2) is 15.0 Å². The molecule has 2 atom stereocenters. The molecule has 1 saturated heterocycles. The third-order valence-corrected chi connectivity index (χ3v) is 4.95. The van der Waals surface area contributed by atoms with E-state index in [0.717, 1.165) is 36.5 Å². The van der Waals surface area contributed by atoms with Gasteiger partial charge >= 0.3 is 6.01 Å². The summed E-state index contributed by atoms with van der Waals surface area (Å²) >= 11 is 0. The lowest BCUT2D eigenvalue weighted by atomic mass is 10.1. The Hall–Kier alpha value is -3.20. The number of anilines is 2. The van der Waals surface area contributed by atoms with Gasteiger partial charge in [-0.1, -0.05) is 23.4 Å². The molecule has 6 rings (SSSR count). The number of rotatable bonds is 2. The second kappa shape index (κ2) is 5.15. The monoisotopic (exact) mass is 349 g/mol. The molecule has 1 fully saturated rings. The van der Waals surface area contributed by atoms with Crippen molar-refractivity contribution >= 4 is 18.2 Å². The fourth-order valence-electron chi connectivity index (χ4n) is 3.75. The molecule has 0 radical (unpaired) electrons. The van der Waals surface area contributed by atoms with Crippen LogP contribution in [-0.2, 0) is 4.74 Å². The van der Waals surface area contributed by atoms with Crippen molar-refractivity contribution in [2.24, 2.45) is 4.99 Å². The number of hydrogen-bond donors (Lipinski definition) is 0. The van der Waals surface area contributed by atoms with E-state index in [1.165, 1.54) is 0 Å². The molecule has 0 saturated carbocycles. The first-order chi connectivity index (χ1) is 12.9. The minimum absolute atomic E-state index is 0.0875. The zero-order valence-corrected chi connectivity index (χ0v) is 13.8. The van der Waals surface area contributed by atoms with Gasteiger partial charge in [-0.05, 0) is 18.9 Å². The van der Waals surface area contributed by atoms with Gasteiger partial charge in [-0.3, -0.25) is 4.57 Å². The predicted molar refractivity (Wildman–Crippen MR) is 92.0 cm³/mol. The predicted octanol–water partition coefficient (Wildman–Crippen LogP) is 2.39. The summed E-state index contributed by atoms with van der Waals surface area (Å²) in [6.07, 6.45) is 6.98. The van der Waals surface area contributed by atoms with E-state index in [4.69, 9.17) is 9.26 Å². The van der Waals surface area contributed by atoms with Crippen LogP contribution in [0.1, 0.15) is 36.5 Å². The van der Waals surface area contributed by atoms with Crippen molar-refractivity contribution in [1.29, 1.82) is 0 Å². The molecule has 0 N–H and O–H groups in total. The van der Waals surface area contributed by atoms with Crippen molar-refractivity contribution in [2.75, 3.05) is 16.6 Å². The molecule has 26 heavy (non-hydrogen) atoms. The maximum absolute atomic E-state index is 5.65. The molecule has 3 aromatic rings. The summed E-state index contributed by atoms with van der Waals surface area (Å²) in [5.41, 5.74) is 2.17. The van der Waals surface area contributed by atoms with Gasteiger partial charge in [0.2, 0.25) is 5.82 Å². The minimum Gasteiger partial charge on any atom is -0.370 e. The Morgan fingerprint density at radius 3 is 3.08 bits per heavy atom. The number of hydrazine groups is 1. The van der Waals surface area contributed by atoms with E-state index < -0.39 is 0 Å². The van der Waals surface area contributed by atoms with E-state index in [2.05, 4.69) is 32.2 Å². The molecule has 3 aliphatic rings. The van der Waals surface area contributed by atoms with E-state index in [-0.39, 0.29) is 12.3 Å². The lowest BCUT2D eigenvalue weighted by molar-refractivity contribution is 0.103. The van der Waals surface area contributed by atoms with Gasteiger partial charge in [0.15, 0.2) is 12.0 Å². The molecule has 130 valence electrons. The zero-order chi connectivity index (χ0) is 17.1. The van der Waals surface area contributed by atoms with E-state index in [9.17, 15) is 0 Å². The second-order valence-electron chi connectivity index (χ2n) is 6.44. The molecule has 0 aliphatic carbocycles. The van der Waals surface area contributed by atoms with Crippen molar-refractivity contribution in [2.45, 2.75) is 25.1 Å². The highest BCUT2D eigenvalue weighted by molar-refractivity contribution is 5.84. The maximum Gasteiger partial charge on any atom is 0.348 e. The van der Waals surface area contributed by atoms with Gasteiger partial charge in [0.25, 0.3) is 0 Å². The summed E-state index contributed by atoms with van der Waals surface area (Å²) in [5, 5.41) is 7.88. The number of ether oxygens (including phenoxy) is 1. The number of nitrogens with zero attached hydrogens (tertiary/aromatic N) is 7. The largest absolute Gasteiger partial charge is 0.370 e. The summed E-state index contributed by atoms with van der Waals surface area (Å²) in [7, 11) is 0. The molecule has 1 aromatic carbocycles. The van der Waals surface area contributed by atoms with Crippen LogP contribution in [-0.4, -0.2) is 32.6 Å². The summed E-state index contributed by atoms with van der Waals surface area (Å²) in [4.78, 5) is 13.5. The van der Waals surface area contributed by atoms with Crippen molar-refractivity contribution < 1.29 is 9.26 Å². The fraction of sp³-hybridized carbons (Fsp3) is 0.294. The number of para-hydroxylation sites is 1. The first kappa shape index (κ1) is 14.0. The first-order valence-corrected chi connectivity index (χ1v) is 8.59. The maximum atomic E-state index is 5.65. The van der Waals surface area contributed by atoms with E-state index in [1.54, 1.807) is 17.7 Å². The number of fused-ring (bicyclic) bond motifs is 6. The molecular formula is C17H15N7O2. The molecule has 3 aliphatic heterocycles. The zero-order valence-electron chi connectivity index (χ0n) is 13.8. The van der Waals surface area contributed by atoms with Crippen LogP contribution in [0.2, 0.25) is 0 Å². The van der Waals surface area contributed by atoms with Gasteiger partial charge in [0.1, 0.15) is 18.8 Å². The van der Waals surface area contributed by atoms with Crippen molar-refractivity contribution in [1.82, 2.24) is 19.7 Å². The summed E-state index contributed by atoms with van der Waals surface area (Å²) in [6, 6.07) is 8.54. The summed E-state index contributed by atoms with van der Waals surface area (Å²) in [5.74, 6) is 1.48. The van der Waals surface area contributed by atoms with Gasteiger partial charge in [-0.2, -0.15) is 9.99 Å². The average Bonchev–Trinajstić information content (AvgIpc) is 3.47. The van der Waals surface area contributed by atoms with Crippen molar-refractivity contribution in [3.63, 3.8) is 0 Å². The van der Waals surface area contributed by atoms with E-state index in [0.29, 0.717) is 11.8 Å². The molecular weight excluding hydrogens is 334 g/mol. The van der Waals surface area contributed by atoms with Crippen LogP contribution in [0.25, 0.3) is 5.69 Å². The Morgan fingerprint density at radius 2 is 2.15 bits per heavy atom. The normalized spacial score (nSPS) is 23.2. The number of aromatic nitrogens is 4. The minimum atomic E-state index is -0.187. The van der Waals surface area contributed by atoms with Crippen molar-refractivity contribution in [3.8, 4) is 5.69 Å². The van der Waals surface area contributed by atoms with Gasteiger partial charge < -0.3 is 9.26 Å². The number of hydrogen-bond acceptors (Lipinski definition) is 8. The Balaban J connectivity index is 1.42. The number of imidazole rings is 1. The Morgan fingerprint density at radius 1 is 1.19 bits per heavy atom. The Labute approximate surface area is 148 Å². The average molecular weight is 349 g/mol. The highest BCUT2D eigenvalue weighted by Crippen LogP contribution is 2.42. The van der Waals surface area contributed by atoms with Crippen LogP contribution in [0.4, 0.5) is 11.8 Å². The van der Waals surface area contributed by atoms with Crippen LogP contribution < -0.4 is 10.0 Å². The number of aliphatic imine (C=N–C) groups is 1. The van der Waals surface area contributed by atoms with Crippen LogP contribution >= 0.6 is 0 Å². The highest BCUT2D eigenvalue weighted by Gasteiger charge is 2.40. The van der Waals surface area contributed by atoms with Gasteiger partial charge in [0.05, 0.1) is 11.9 Å². The molecule has 0 spiro atoms. The standard InChI is InChI=1S/C17H15N7O2/c1-2-5-12-11(4-1)16-19-10-23(24(16)14-8-18-9-22(12)14)17-20-15(21-26-17)13-6-3-7-25-13/h1-2,4-5,8-10,13,16H,3,6-7H2. The van der Waals surface area contributed by atoms with Crippen LogP contribution in [0.3, 0.4) is 0 Å². The smallest absolute Gasteiger partial charge is 0.348 e. The molecule has 2 aromatic heterocycles. The fourth-order valence-corrected chi connectivity index (χ4v) is 3.75. The van der Waals surface area contributed by atoms with Gasteiger partial charge in [-0.15, -0.1) is 0 Å². The quantitative estimate of drug-likeness (QED) is 0.702. The third kappa shape index (κ3) is 1.83. The molecule has 9 nitrogen and oxygen atoms in total. The topological polar surface area (TPSA) is 84.8 Å². The first-order valence-electron chi connectivity index (χ1n) is 8.59. The lowest BCUT2D eigenvalue weighted by Gasteiger charge is -2.35. The second-order valence-corrected chi connectivity index (χ2v) is 6.44. The van der Waals surface area contributed by atoms with E-state index >= 15 is 0 Å². The van der Waals surface area contributed by atoms with E-state index in [1.807, 2.05) is 27.9 Å². The van der Waals surface area contributed by atoms with Gasteiger partial charge in [0, 0.05) is 12.2 Å². The summed E-state index contributed by atoms with van der Waals surface area (Å²) < 4.78 is 13.2. The van der Waals surface area contributed by atoms with Crippen LogP contribution in [0, 0.1) is 0 Å². The van der Waals surface area contributed by atoms with Crippen LogP contribution in [0.15, 0.2) is 46.3 Å².